The molecule has 0 atom stereocenters. The van der Waals surface area contributed by atoms with E-state index in [2.05, 4.69) is 4.98 Å². The van der Waals surface area contributed by atoms with Gasteiger partial charge in [-0.1, -0.05) is 0 Å². The molecule has 0 aliphatic carbocycles. The average Bonchev–Trinajstić information content (AvgIpc) is 2.60. The highest BCUT2D eigenvalue weighted by Gasteiger charge is 2.25. The predicted octanol–water partition coefficient (Wildman–Crippen LogP) is 2.11. The van der Waals surface area contributed by atoms with Crippen molar-refractivity contribution < 1.29 is 17.2 Å². The molecule has 2 aromatic rings. The van der Waals surface area contributed by atoms with Crippen LogP contribution >= 0.6 is 11.3 Å². The van der Waals surface area contributed by atoms with E-state index < -0.39 is 26.6 Å². The number of nitrogen functional groups attached to an aromatic ring is 1. The largest absolute Gasteiger partial charge is 0.399 e. The van der Waals surface area contributed by atoms with E-state index in [1.807, 2.05) is 4.72 Å². The molecule has 0 radical (unpaired) electrons. The number of benzene rings is 1. The third kappa shape index (κ3) is 2.82. The van der Waals surface area contributed by atoms with Crippen LogP contribution in [0.2, 0.25) is 0 Å². The van der Waals surface area contributed by atoms with Crippen LogP contribution < -0.4 is 10.5 Å². The number of hydrogen-bond donors (Lipinski definition) is 2. The Morgan fingerprint density at radius 1 is 1.32 bits per heavy atom. The van der Waals surface area contributed by atoms with Gasteiger partial charge in [0, 0.05) is 11.1 Å². The fraction of sp³-hybridized carbons (Fsp3) is 0.100. The molecule has 2 rings (SSSR count). The number of nitrogens with two attached hydrogens (primary N) is 1. The minimum Gasteiger partial charge on any atom is -0.399 e. The van der Waals surface area contributed by atoms with Gasteiger partial charge in [0.2, 0.25) is 0 Å². The molecule has 1 aromatic heterocycles. The number of sulfonamides is 1. The number of aromatic nitrogens is 1. The van der Waals surface area contributed by atoms with Crippen LogP contribution in [0.15, 0.2) is 22.4 Å². The van der Waals surface area contributed by atoms with E-state index in [0.717, 1.165) is 23.5 Å². The number of hydrogen-bond acceptors (Lipinski definition) is 5. The maximum absolute atomic E-state index is 13.6. The van der Waals surface area contributed by atoms with Crippen molar-refractivity contribution in [1.82, 2.24) is 4.98 Å². The van der Waals surface area contributed by atoms with Crippen molar-refractivity contribution in [1.29, 1.82) is 0 Å². The Bertz CT molecular complexity index is 705. The predicted molar refractivity (Wildman–Crippen MR) is 68.4 cm³/mol. The van der Waals surface area contributed by atoms with Gasteiger partial charge in [-0.05, 0) is 19.1 Å². The Labute approximate surface area is 112 Å². The Morgan fingerprint density at radius 3 is 2.37 bits per heavy atom. The molecule has 0 fully saturated rings. The van der Waals surface area contributed by atoms with Gasteiger partial charge in [0.05, 0.1) is 5.69 Å². The van der Waals surface area contributed by atoms with Gasteiger partial charge in [0.1, 0.15) is 11.6 Å². The molecule has 1 heterocycles. The number of nitrogens with zero attached hydrogens (tertiary/aromatic N) is 1. The number of nitrogens with one attached hydrogen (secondary N) is 1. The second kappa shape index (κ2) is 4.74. The minimum absolute atomic E-state index is 0.0353. The maximum Gasteiger partial charge on any atom is 0.269 e. The van der Waals surface area contributed by atoms with Crippen LogP contribution in [0.1, 0.15) is 5.69 Å². The highest BCUT2D eigenvalue weighted by Crippen LogP contribution is 2.25. The smallest absolute Gasteiger partial charge is 0.269 e. The van der Waals surface area contributed by atoms with Crippen molar-refractivity contribution in [2.24, 2.45) is 0 Å². The number of halogens is 2. The lowest BCUT2D eigenvalue weighted by Gasteiger charge is -2.08. The maximum atomic E-state index is 13.6. The Kier molecular flexibility index (Phi) is 3.42. The molecule has 1 aromatic carbocycles. The Balaban J connectivity index is 2.45. The van der Waals surface area contributed by atoms with Crippen LogP contribution in [0.3, 0.4) is 0 Å². The first-order valence-corrected chi connectivity index (χ1v) is 7.35. The average molecular weight is 305 g/mol. The number of aryl methyl sites for hydroxylation is 1. The second-order valence-electron chi connectivity index (χ2n) is 3.71. The molecule has 0 amide bonds. The van der Waals surface area contributed by atoms with E-state index in [0.29, 0.717) is 5.69 Å². The summed E-state index contributed by atoms with van der Waals surface area (Å²) in [6.45, 7) is 1.67. The third-order valence-electron chi connectivity index (χ3n) is 2.13. The van der Waals surface area contributed by atoms with Crippen LogP contribution in [-0.4, -0.2) is 13.4 Å². The minimum atomic E-state index is -4.39. The zero-order chi connectivity index (χ0) is 14.2. The molecule has 0 saturated carbocycles. The molecule has 0 aliphatic heterocycles. The third-order valence-corrected chi connectivity index (χ3v) is 4.52. The normalized spacial score (nSPS) is 11.5. The summed E-state index contributed by atoms with van der Waals surface area (Å²) in [5.74, 6) is -2.50. The molecular weight excluding hydrogens is 296 g/mol. The van der Waals surface area contributed by atoms with Crippen molar-refractivity contribution >= 4 is 32.2 Å². The monoisotopic (exact) mass is 305 g/mol. The van der Waals surface area contributed by atoms with Crippen molar-refractivity contribution in [3.63, 3.8) is 0 Å². The van der Waals surface area contributed by atoms with Gasteiger partial charge in [0.25, 0.3) is 10.0 Å². The van der Waals surface area contributed by atoms with Gasteiger partial charge in [-0.25, -0.2) is 22.2 Å². The topological polar surface area (TPSA) is 85.1 Å². The SMILES string of the molecule is Cc1csc(NS(=O)(=O)c2c(F)cc(N)cc2F)n1. The summed E-state index contributed by atoms with van der Waals surface area (Å²) in [6, 6.07) is 1.48. The lowest BCUT2D eigenvalue weighted by atomic mass is 10.3. The molecule has 3 N–H and O–H groups in total. The lowest BCUT2D eigenvalue weighted by molar-refractivity contribution is 0.522. The zero-order valence-electron chi connectivity index (χ0n) is 9.65. The number of thiazole rings is 1. The van der Waals surface area contributed by atoms with Crippen LogP contribution in [0.5, 0.6) is 0 Å². The Morgan fingerprint density at radius 2 is 1.89 bits per heavy atom. The van der Waals surface area contributed by atoms with Gasteiger partial charge in [-0.3, -0.25) is 4.72 Å². The summed E-state index contributed by atoms with van der Waals surface area (Å²) in [5.41, 5.74) is 5.62. The molecule has 0 bridgehead atoms. The van der Waals surface area contributed by atoms with E-state index in [1.54, 1.807) is 12.3 Å². The Hall–Kier alpha value is -1.74. The van der Waals surface area contributed by atoms with E-state index >= 15 is 0 Å². The molecule has 19 heavy (non-hydrogen) atoms. The second-order valence-corrected chi connectivity index (χ2v) is 6.19. The molecule has 9 heteroatoms. The first-order chi connectivity index (χ1) is 8.79. The molecule has 102 valence electrons. The number of rotatable bonds is 3. The zero-order valence-corrected chi connectivity index (χ0v) is 11.3. The molecule has 0 spiro atoms. The summed E-state index contributed by atoms with van der Waals surface area (Å²) >= 11 is 1.01. The first kappa shape index (κ1) is 13.7. The van der Waals surface area contributed by atoms with Crippen LogP contribution in [0, 0.1) is 18.6 Å². The van der Waals surface area contributed by atoms with E-state index in [4.69, 9.17) is 5.73 Å². The highest BCUT2D eigenvalue weighted by atomic mass is 32.2. The van der Waals surface area contributed by atoms with Gasteiger partial charge in [-0.2, -0.15) is 0 Å². The summed E-state index contributed by atoms with van der Waals surface area (Å²) in [7, 11) is -4.39. The summed E-state index contributed by atoms with van der Waals surface area (Å²) in [5, 5.41) is 1.64. The van der Waals surface area contributed by atoms with Gasteiger partial charge < -0.3 is 5.73 Å². The van der Waals surface area contributed by atoms with Crippen LogP contribution in [0.4, 0.5) is 19.6 Å². The molecule has 0 unspecified atom stereocenters. The van der Waals surface area contributed by atoms with E-state index in [-0.39, 0.29) is 10.8 Å². The summed E-state index contributed by atoms with van der Waals surface area (Å²) in [4.78, 5) is 2.78. The molecular formula is C10H9F2N3O2S2. The lowest BCUT2D eigenvalue weighted by Crippen LogP contribution is -2.16. The van der Waals surface area contributed by atoms with Crippen molar-refractivity contribution in [2.75, 3.05) is 10.5 Å². The fourth-order valence-electron chi connectivity index (χ4n) is 1.40. The van der Waals surface area contributed by atoms with Gasteiger partial charge >= 0.3 is 0 Å². The fourth-order valence-corrected chi connectivity index (χ4v) is 3.47. The first-order valence-electron chi connectivity index (χ1n) is 4.99. The highest BCUT2D eigenvalue weighted by molar-refractivity contribution is 7.93. The van der Waals surface area contributed by atoms with Crippen molar-refractivity contribution in [2.45, 2.75) is 11.8 Å². The summed E-state index contributed by atoms with van der Waals surface area (Å²) in [6.07, 6.45) is 0. The van der Waals surface area contributed by atoms with Crippen molar-refractivity contribution in [3.8, 4) is 0 Å². The van der Waals surface area contributed by atoms with E-state index in [1.165, 1.54) is 0 Å². The quantitative estimate of drug-likeness (QED) is 0.851. The number of anilines is 2. The van der Waals surface area contributed by atoms with E-state index in [9.17, 15) is 17.2 Å². The molecule has 0 aliphatic rings. The molecule has 0 saturated heterocycles. The van der Waals surface area contributed by atoms with Crippen LogP contribution in [0.25, 0.3) is 0 Å². The van der Waals surface area contributed by atoms with Crippen LogP contribution in [-0.2, 0) is 10.0 Å². The summed E-state index contributed by atoms with van der Waals surface area (Å²) < 4.78 is 52.9. The van der Waals surface area contributed by atoms with Crippen molar-refractivity contribution in [3.05, 3.63) is 34.8 Å². The van der Waals surface area contributed by atoms with Gasteiger partial charge in [0.15, 0.2) is 10.0 Å². The molecule has 5 nitrogen and oxygen atoms in total. The van der Waals surface area contributed by atoms with Gasteiger partial charge in [-0.15, -0.1) is 11.3 Å². The standard InChI is InChI=1S/C10H9F2N3O2S2/c1-5-4-18-10(14-5)15-19(16,17)9-7(11)2-6(13)3-8(9)12/h2-4H,13H2,1H3,(H,14,15).